The van der Waals surface area contributed by atoms with Crippen molar-refractivity contribution in [2.75, 3.05) is 31.6 Å². The molecule has 2 fully saturated rings. The highest BCUT2D eigenvalue weighted by Crippen LogP contribution is 2.46. The van der Waals surface area contributed by atoms with Gasteiger partial charge in [0.2, 0.25) is 15.9 Å². The molecule has 0 radical (unpaired) electrons. The van der Waals surface area contributed by atoms with E-state index in [0.29, 0.717) is 31.7 Å². The first-order valence-electron chi connectivity index (χ1n) is 10.0. The second kappa shape index (κ2) is 8.09. The largest absolute Gasteiger partial charge is 0.381 e. The van der Waals surface area contributed by atoms with Crippen molar-refractivity contribution in [2.24, 2.45) is 11.3 Å². The predicted molar refractivity (Wildman–Crippen MR) is 111 cm³/mol. The van der Waals surface area contributed by atoms with Crippen molar-refractivity contribution in [3.63, 3.8) is 0 Å². The van der Waals surface area contributed by atoms with Crippen LogP contribution in [0.15, 0.2) is 53.4 Å². The zero-order chi connectivity index (χ0) is 21.4. The molecule has 30 heavy (non-hydrogen) atoms. The molecule has 2 aliphatic rings. The van der Waals surface area contributed by atoms with Crippen LogP contribution >= 0.6 is 0 Å². The Morgan fingerprint density at radius 2 is 1.87 bits per heavy atom. The Morgan fingerprint density at radius 1 is 1.17 bits per heavy atom. The molecular weight excluding hydrogens is 407 g/mol. The molecular formula is C22H25FN2O4S. The van der Waals surface area contributed by atoms with E-state index in [9.17, 15) is 17.6 Å². The minimum Gasteiger partial charge on any atom is -0.381 e. The maximum atomic E-state index is 13.5. The van der Waals surface area contributed by atoms with Crippen molar-refractivity contribution in [1.82, 2.24) is 4.31 Å². The van der Waals surface area contributed by atoms with Crippen LogP contribution in [0.2, 0.25) is 0 Å². The number of carbonyl (C=O) groups is 1. The lowest BCUT2D eigenvalue weighted by Crippen LogP contribution is -2.42. The molecule has 0 unspecified atom stereocenters. The van der Waals surface area contributed by atoms with E-state index in [2.05, 4.69) is 5.32 Å². The fraction of sp³-hybridized carbons (Fsp3) is 0.409. The van der Waals surface area contributed by atoms with E-state index in [-0.39, 0.29) is 23.9 Å². The summed E-state index contributed by atoms with van der Waals surface area (Å²) in [5.41, 5.74) is 0.846. The minimum absolute atomic E-state index is 0.0946. The number of hydrogen-bond acceptors (Lipinski definition) is 4. The summed E-state index contributed by atoms with van der Waals surface area (Å²) in [6, 6.07) is 12.4. The number of anilines is 1. The Kier molecular flexibility index (Phi) is 5.65. The topological polar surface area (TPSA) is 75.7 Å². The average Bonchev–Trinajstić information content (AvgIpc) is 3.08. The molecule has 1 N–H and O–H groups in total. The lowest BCUT2D eigenvalue weighted by molar-refractivity contribution is -0.124. The molecule has 2 heterocycles. The summed E-state index contributed by atoms with van der Waals surface area (Å²) in [6.07, 6.45) is 1.21. The third-order valence-corrected chi connectivity index (χ3v) is 8.00. The summed E-state index contributed by atoms with van der Waals surface area (Å²) in [5.74, 6) is -1.27. The Labute approximate surface area is 176 Å². The van der Waals surface area contributed by atoms with Crippen LogP contribution in [0.1, 0.15) is 18.4 Å². The summed E-state index contributed by atoms with van der Waals surface area (Å²) in [5, 5.41) is 2.77. The van der Waals surface area contributed by atoms with Crippen molar-refractivity contribution in [1.29, 1.82) is 0 Å². The van der Waals surface area contributed by atoms with Gasteiger partial charge in [0.15, 0.2) is 0 Å². The third kappa shape index (κ3) is 3.99. The van der Waals surface area contributed by atoms with Gasteiger partial charge in [-0.1, -0.05) is 23.8 Å². The Morgan fingerprint density at radius 3 is 2.53 bits per heavy atom. The number of aryl methyl sites for hydroxylation is 1. The molecule has 2 aromatic carbocycles. The summed E-state index contributed by atoms with van der Waals surface area (Å²) >= 11 is 0. The van der Waals surface area contributed by atoms with Gasteiger partial charge in [0, 0.05) is 37.4 Å². The second-order valence-corrected chi connectivity index (χ2v) is 10.1. The van der Waals surface area contributed by atoms with Crippen LogP contribution in [0.3, 0.4) is 0 Å². The van der Waals surface area contributed by atoms with Gasteiger partial charge in [-0.15, -0.1) is 0 Å². The Hall–Kier alpha value is -2.29. The Balaban J connectivity index is 1.62. The quantitative estimate of drug-likeness (QED) is 0.805. The van der Waals surface area contributed by atoms with Crippen molar-refractivity contribution in [2.45, 2.75) is 24.7 Å². The van der Waals surface area contributed by atoms with Gasteiger partial charge in [0.05, 0.1) is 10.8 Å². The van der Waals surface area contributed by atoms with E-state index >= 15 is 0 Å². The average molecular weight is 433 g/mol. The first kappa shape index (κ1) is 21.0. The Bertz CT molecular complexity index is 1030. The highest BCUT2D eigenvalue weighted by atomic mass is 32.2. The summed E-state index contributed by atoms with van der Waals surface area (Å²) in [4.78, 5) is 13.4. The van der Waals surface area contributed by atoms with Gasteiger partial charge in [-0.3, -0.25) is 4.79 Å². The maximum absolute atomic E-state index is 13.5. The lowest BCUT2D eigenvalue weighted by Gasteiger charge is -2.37. The van der Waals surface area contributed by atoms with Crippen LogP contribution < -0.4 is 5.32 Å². The van der Waals surface area contributed by atoms with Gasteiger partial charge < -0.3 is 10.1 Å². The van der Waals surface area contributed by atoms with E-state index in [4.69, 9.17) is 4.74 Å². The molecule has 2 saturated heterocycles. The number of sulfonamides is 1. The number of rotatable bonds is 4. The number of nitrogens with one attached hydrogen (secondary N) is 1. The summed E-state index contributed by atoms with van der Waals surface area (Å²) in [7, 11) is -3.72. The molecule has 160 valence electrons. The lowest BCUT2D eigenvalue weighted by atomic mass is 9.72. The molecule has 0 aromatic heterocycles. The van der Waals surface area contributed by atoms with Crippen LogP contribution in [0, 0.1) is 24.1 Å². The van der Waals surface area contributed by atoms with Crippen LogP contribution in [-0.4, -0.2) is 44.9 Å². The number of amides is 1. The molecule has 4 rings (SSSR count). The van der Waals surface area contributed by atoms with Gasteiger partial charge in [-0.2, -0.15) is 4.31 Å². The van der Waals surface area contributed by atoms with Gasteiger partial charge in [-0.25, -0.2) is 12.8 Å². The number of ether oxygens (including phenoxy) is 1. The molecule has 2 aromatic rings. The minimum atomic E-state index is -3.72. The van der Waals surface area contributed by atoms with E-state index in [1.165, 1.54) is 22.5 Å². The first-order chi connectivity index (χ1) is 14.3. The van der Waals surface area contributed by atoms with E-state index < -0.39 is 27.2 Å². The van der Waals surface area contributed by atoms with Gasteiger partial charge in [0.25, 0.3) is 0 Å². The molecule has 0 saturated carbocycles. The zero-order valence-electron chi connectivity index (χ0n) is 16.8. The van der Waals surface area contributed by atoms with E-state index in [1.807, 2.05) is 6.92 Å². The smallest absolute Gasteiger partial charge is 0.243 e. The molecule has 0 bridgehead atoms. The molecule has 1 atom stereocenters. The number of halogens is 1. The fourth-order valence-corrected chi connectivity index (χ4v) is 5.96. The van der Waals surface area contributed by atoms with Crippen molar-refractivity contribution < 1.29 is 22.3 Å². The number of benzene rings is 2. The molecule has 2 aliphatic heterocycles. The number of nitrogens with zero attached hydrogens (tertiary/aromatic N) is 1. The van der Waals surface area contributed by atoms with Crippen LogP contribution in [-0.2, 0) is 19.6 Å². The van der Waals surface area contributed by atoms with Crippen LogP contribution in [0.25, 0.3) is 0 Å². The normalized spacial score (nSPS) is 21.6. The van der Waals surface area contributed by atoms with Gasteiger partial charge in [-0.05, 0) is 50.1 Å². The zero-order valence-corrected chi connectivity index (χ0v) is 17.6. The molecule has 8 heteroatoms. The standard InChI is InChI=1S/C22H25FN2O4S/c1-16-5-7-19(8-6-16)30(27,28)25-14-20(22(15-25)9-11-29-12-10-22)21(26)24-18-4-2-3-17(23)13-18/h2-8,13,20H,9-12,14-15H2,1H3,(H,24,26)/t20-/m1/s1. The maximum Gasteiger partial charge on any atom is 0.243 e. The van der Waals surface area contributed by atoms with Crippen molar-refractivity contribution in [3.05, 3.63) is 59.9 Å². The SMILES string of the molecule is Cc1ccc(S(=O)(=O)N2C[C@H](C(=O)Nc3cccc(F)c3)C3(CCOCC3)C2)cc1. The molecule has 6 nitrogen and oxygen atoms in total. The monoisotopic (exact) mass is 432 g/mol. The highest BCUT2D eigenvalue weighted by molar-refractivity contribution is 7.89. The molecule has 0 aliphatic carbocycles. The number of carbonyl (C=O) groups excluding carboxylic acids is 1. The third-order valence-electron chi connectivity index (χ3n) is 6.17. The molecule has 1 amide bonds. The summed E-state index contributed by atoms with van der Waals surface area (Å²) < 4.78 is 46.9. The summed E-state index contributed by atoms with van der Waals surface area (Å²) in [6.45, 7) is 3.24. The van der Waals surface area contributed by atoms with Gasteiger partial charge in [0.1, 0.15) is 5.82 Å². The van der Waals surface area contributed by atoms with Gasteiger partial charge >= 0.3 is 0 Å². The van der Waals surface area contributed by atoms with E-state index in [1.54, 1.807) is 30.3 Å². The molecule has 1 spiro atoms. The predicted octanol–water partition coefficient (Wildman–Crippen LogP) is 3.19. The fourth-order valence-electron chi connectivity index (χ4n) is 4.41. The van der Waals surface area contributed by atoms with Crippen LogP contribution in [0.4, 0.5) is 10.1 Å². The van der Waals surface area contributed by atoms with Crippen molar-refractivity contribution >= 4 is 21.6 Å². The van der Waals surface area contributed by atoms with E-state index in [0.717, 1.165) is 5.56 Å². The number of hydrogen-bond donors (Lipinski definition) is 1. The second-order valence-electron chi connectivity index (χ2n) is 8.14. The van der Waals surface area contributed by atoms with Crippen LogP contribution in [0.5, 0.6) is 0 Å². The van der Waals surface area contributed by atoms with Crippen molar-refractivity contribution in [3.8, 4) is 0 Å². The first-order valence-corrected chi connectivity index (χ1v) is 11.5. The highest BCUT2D eigenvalue weighted by Gasteiger charge is 2.53.